The number of rotatable bonds is 12. The number of carbonyl (C=O) groups excluding carboxylic acids is 2. The summed E-state index contributed by atoms with van der Waals surface area (Å²) in [7, 11) is 0. The number of benzene rings is 3. The van der Waals surface area contributed by atoms with Gasteiger partial charge in [0.25, 0.3) is 5.91 Å². The molecule has 188 valence electrons. The summed E-state index contributed by atoms with van der Waals surface area (Å²) in [5.41, 5.74) is 3.39. The molecule has 2 N–H and O–H groups in total. The fourth-order valence-electron chi connectivity index (χ4n) is 4.28. The summed E-state index contributed by atoms with van der Waals surface area (Å²) in [5, 5.41) is 6.27. The van der Waals surface area contributed by atoms with E-state index in [9.17, 15) is 9.59 Å². The molecule has 0 saturated heterocycles. The maximum absolute atomic E-state index is 13.5. The number of para-hydroxylation sites is 1. The Labute approximate surface area is 217 Å². The number of nitrogens with zero attached hydrogens (tertiary/aromatic N) is 1. The van der Waals surface area contributed by atoms with Crippen molar-refractivity contribution in [3.05, 3.63) is 95.3 Å². The summed E-state index contributed by atoms with van der Waals surface area (Å²) in [6, 6.07) is 22.2. The largest absolute Gasteiger partial charge is 0.493 e. The zero-order valence-electron chi connectivity index (χ0n) is 20.8. The number of amides is 1. The van der Waals surface area contributed by atoms with E-state index in [0.717, 1.165) is 42.4 Å². The summed E-state index contributed by atoms with van der Waals surface area (Å²) in [6.07, 6.45) is 4.91. The second-order valence-corrected chi connectivity index (χ2v) is 9.97. The molecule has 1 amide bonds. The van der Waals surface area contributed by atoms with Crippen molar-refractivity contribution in [2.75, 3.05) is 13.2 Å². The van der Waals surface area contributed by atoms with E-state index >= 15 is 0 Å². The highest BCUT2D eigenvalue weighted by Gasteiger charge is 2.27. The van der Waals surface area contributed by atoms with Crippen LogP contribution in [0.2, 0.25) is 0 Å². The molecule has 6 heteroatoms. The molecule has 2 saturated carbocycles. The minimum atomic E-state index is -0.656. The molecule has 0 aliphatic heterocycles. The van der Waals surface area contributed by atoms with Crippen LogP contribution < -0.4 is 15.4 Å². The number of nitrogens with one attached hydrogen (secondary N) is 2. The fourth-order valence-corrected chi connectivity index (χ4v) is 4.28. The molecule has 0 radical (unpaired) electrons. The Morgan fingerprint density at radius 2 is 1.73 bits per heavy atom. The summed E-state index contributed by atoms with van der Waals surface area (Å²) in [5.74, 6) is 0.780. The molecule has 5 rings (SSSR count). The standard InChI is InChI=1S/C31H31N3O3/c1-32-28-10-6-5-9-27(28)23-16-24(18-26(17-23)37-20-22-11-12-22)31(36)34-29(15-21-7-3-2-4-8-21)30(35)19-33-25-13-14-25/h2-10,16-18,22,25,29,33H,11-15,19-20H2,(H,34,36). The van der Waals surface area contributed by atoms with Crippen LogP contribution in [0.25, 0.3) is 16.0 Å². The Morgan fingerprint density at radius 3 is 2.46 bits per heavy atom. The van der Waals surface area contributed by atoms with Gasteiger partial charge in [-0.1, -0.05) is 54.6 Å². The summed E-state index contributed by atoms with van der Waals surface area (Å²) in [4.78, 5) is 30.3. The van der Waals surface area contributed by atoms with Crippen LogP contribution in [0.15, 0.2) is 72.8 Å². The van der Waals surface area contributed by atoms with E-state index in [4.69, 9.17) is 11.3 Å². The molecule has 3 aromatic rings. The van der Waals surface area contributed by atoms with Crippen molar-refractivity contribution in [2.45, 2.75) is 44.2 Å². The van der Waals surface area contributed by atoms with E-state index in [0.29, 0.717) is 42.0 Å². The molecule has 1 atom stereocenters. The molecular weight excluding hydrogens is 462 g/mol. The minimum Gasteiger partial charge on any atom is -0.493 e. The second-order valence-electron chi connectivity index (χ2n) is 9.97. The van der Waals surface area contributed by atoms with Crippen molar-refractivity contribution in [2.24, 2.45) is 5.92 Å². The third-order valence-corrected chi connectivity index (χ3v) is 6.81. The topological polar surface area (TPSA) is 71.8 Å². The van der Waals surface area contributed by atoms with E-state index in [1.54, 1.807) is 18.2 Å². The molecule has 0 heterocycles. The molecule has 3 aromatic carbocycles. The Bertz CT molecular complexity index is 1310. The van der Waals surface area contributed by atoms with Gasteiger partial charge in [-0.25, -0.2) is 4.85 Å². The van der Waals surface area contributed by atoms with Crippen molar-refractivity contribution in [1.82, 2.24) is 10.6 Å². The Kier molecular flexibility index (Phi) is 7.62. The first-order chi connectivity index (χ1) is 18.1. The zero-order valence-corrected chi connectivity index (χ0v) is 20.8. The molecule has 37 heavy (non-hydrogen) atoms. The van der Waals surface area contributed by atoms with Crippen LogP contribution in [0.5, 0.6) is 5.75 Å². The molecule has 2 aliphatic carbocycles. The maximum Gasteiger partial charge on any atom is 0.252 e. The fraction of sp³-hybridized carbons (Fsp3) is 0.323. The quantitative estimate of drug-likeness (QED) is 0.334. The molecule has 0 bridgehead atoms. The monoisotopic (exact) mass is 493 g/mol. The number of carbonyl (C=O) groups is 2. The van der Waals surface area contributed by atoms with Crippen LogP contribution in [0.4, 0.5) is 5.69 Å². The third kappa shape index (κ3) is 6.84. The van der Waals surface area contributed by atoms with Crippen LogP contribution in [0.3, 0.4) is 0 Å². The lowest BCUT2D eigenvalue weighted by molar-refractivity contribution is -0.120. The van der Waals surface area contributed by atoms with Crippen molar-refractivity contribution in [3.63, 3.8) is 0 Å². The molecular formula is C31H31N3O3. The van der Waals surface area contributed by atoms with Gasteiger partial charge in [0.1, 0.15) is 5.75 Å². The van der Waals surface area contributed by atoms with Crippen LogP contribution in [0.1, 0.15) is 41.6 Å². The lowest BCUT2D eigenvalue weighted by atomic mass is 9.99. The third-order valence-electron chi connectivity index (χ3n) is 6.81. The van der Waals surface area contributed by atoms with Crippen molar-refractivity contribution >= 4 is 17.4 Å². The Morgan fingerprint density at radius 1 is 0.973 bits per heavy atom. The van der Waals surface area contributed by atoms with Crippen molar-refractivity contribution in [1.29, 1.82) is 0 Å². The first-order valence-electron chi connectivity index (χ1n) is 12.9. The molecule has 0 aromatic heterocycles. The van der Waals surface area contributed by atoms with Gasteiger partial charge in [0, 0.05) is 11.6 Å². The van der Waals surface area contributed by atoms with Crippen molar-refractivity contribution < 1.29 is 14.3 Å². The highest BCUT2D eigenvalue weighted by Crippen LogP contribution is 2.35. The summed E-state index contributed by atoms with van der Waals surface area (Å²) < 4.78 is 6.04. The van der Waals surface area contributed by atoms with Gasteiger partial charge in [-0.15, -0.1) is 0 Å². The van der Waals surface area contributed by atoms with E-state index in [1.165, 1.54) is 0 Å². The van der Waals surface area contributed by atoms with Crippen LogP contribution in [-0.4, -0.2) is 36.9 Å². The number of hydrogen-bond acceptors (Lipinski definition) is 4. The first-order valence-corrected chi connectivity index (χ1v) is 12.9. The highest BCUT2D eigenvalue weighted by molar-refractivity contribution is 6.00. The normalized spacial score (nSPS) is 15.4. The number of hydrogen-bond donors (Lipinski definition) is 2. The smallest absolute Gasteiger partial charge is 0.252 e. The van der Waals surface area contributed by atoms with Crippen LogP contribution in [0, 0.1) is 12.5 Å². The molecule has 2 aliphatic rings. The van der Waals surface area contributed by atoms with E-state index in [1.807, 2.05) is 54.6 Å². The van der Waals surface area contributed by atoms with Crippen molar-refractivity contribution in [3.8, 4) is 16.9 Å². The SMILES string of the molecule is [C-]#[N+]c1ccccc1-c1cc(OCC2CC2)cc(C(=O)NC(Cc2ccccc2)C(=O)CNC2CC2)c1. The molecule has 1 unspecified atom stereocenters. The first kappa shape index (κ1) is 24.7. The van der Waals surface area contributed by atoms with Gasteiger partial charge in [0.05, 0.1) is 25.8 Å². The van der Waals surface area contributed by atoms with Gasteiger partial charge in [0.2, 0.25) is 0 Å². The number of Topliss-reactive ketones (excluding diaryl/α,β-unsaturated/α-hetero) is 1. The lowest BCUT2D eigenvalue weighted by Crippen LogP contribution is -2.46. The van der Waals surface area contributed by atoms with Gasteiger partial charge in [-0.2, -0.15) is 0 Å². The highest BCUT2D eigenvalue weighted by atomic mass is 16.5. The molecule has 0 spiro atoms. The lowest BCUT2D eigenvalue weighted by Gasteiger charge is -2.19. The molecule has 2 fully saturated rings. The van der Waals surface area contributed by atoms with Gasteiger partial charge < -0.3 is 15.4 Å². The van der Waals surface area contributed by atoms with E-state index in [-0.39, 0.29) is 18.2 Å². The molecule has 6 nitrogen and oxygen atoms in total. The number of ketones is 1. The van der Waals surface area contributed by atoms with Gasteiger partial charge in [-0.3, -0.25) is 9.59 Å². The predicted molar refractivity (Wildman–Crippen MR) is 144 cm³/mol. The van der Waals surface area contributed by atoms with E-state index < -0.39 is 6.04 Å². The second kappa shape index (κ2) is 11.4. The average molecular weight is 494 g/mol. The predicted octanol–water partition coefficient (Wildman–Crippen LogP) is 5.36. The minimum absolute atomic E-state index is 0.0381. The maximum atomic E-state index is 13.5. The van der Waals surface area contributed by atoms with Gasteiger partial charge >= 0.3 is 0 Å². The van der Waals surface area contributed by atoms with Gasteiger partial charge in [-0.05, 0) is 72.9 Å². The van der Waals surface area contributed by atoms with E-state index in [2.05, 4.69) is 15.5 Å². The summed E-state index contributed by atoms with van der Waals surface area (Å²) in [6.45, 7) is 8.40. The Hall–Kier alpha value is -3.95. The Balaban J connectivity index is 1.41. The average Bonchev–Trinajstić information content (AvgIpc) is 3.86. The van der Waals surface area contributed by atoms with Crippen LogP contribution >= 0.6 is 0 Å². The number of ether oxygens (including phenoxy) is 1. The van der Waals surface area contributed by atoms with Crippen LogP contribution in [-0.2, 0) is 11.2 Å². The zero-order chi connectivity index (χ0) is 25.6. The van der Waals surface area contributed by atoms with Gasteiger partial charge in [0.15, 0.2) is 11.5 Å². The summed E-state index contributed by atoms with van der Waals surface area (Å²) >= 11 is 0.